The third-order valence-electron chi connectivity index (χ3n) is 2.66. The Labute approximate surface area is 105 Å². The molecule has 96 valence electrons. The monoisotopic (exact) mass is 276 g/mol. The Hall–Kier alpha value is -0.730. The fourth-order valence-electron chi connectivity index (χ4n) is 1.91. The predicted octanol–water partition coefficient (Wildman–Crippen LogP) is 0.365. The lowest BCUT2D eigenvalue weighted by Gasteiger charge is -2.31. The van der Waals surface area contributed by atoms with Gasteiger partial charge in [0.25, 0.3) is 0 Å². The summed E-state index contributed by atoms with van der Waals surface area (Å²) in [7, 11) is -3.10. The van der Waals surface area contributed by atoms with Gasteiger partial charge in [0.1, 0.15) is 5.01 Å². The number of hydrogen-bond donors (Lipinski definition) is 1. The highest BCUT2D eigenvalue weighted by Gasteiger charge is 2.23. The Morgan fingerprint density at radius 3 is 2.47 bits per heavy atom. The van der Waals surface area contributed by atoms with Gasteiger partial charge in [-0.25, -0.2) is 13.1 Å². The molecule has 0 amide bonds. The second-order valence-corrected chi connectivity index (χ2v) is 7.20. The van der Waals surface area contributed by atoms with Gasteiger partial charge >= 0.3 is 0 Å². The zero-order valence-electron chi connectivity index (χ0n) is 9.88. The van der Waals surface area contributed by atoms with E-state index >= 15 is 0 Å². The molecule has 0 unspecified atom stereocenters. The Bertz CT molecular complexity index is 477. The topological polar surface area (TPSA) is 75.2 Å². The average Bonchev–Trinajstić information content (AvgIpc) is 2.63. The standard InChI is InChI=1S/C9H16N4O2S2/c1-7-10-11-9(16-7)13-5-3-8(4-6-13)12-17(2,14)15/h8,12H,3-6H2,1-2H3. The van der Waals surface area contributed by atoms with Gasteiger partial charge in [-0.2, -0.15) is 0 Å². The quantitative estimate of drug-likeness (QED) is 0.863. The van der Waals surface area contributed by atoms with Crippen molar-refractivity contribution in [3.8, 4) is 0 Å². The summed E-state index contributed by atoms with van der Waals surface area (Å²) >= 11 is 1.57. The van der Waals surface area contributed by atoms with Crippen molar-refractivity contribution in [1.29, 1.82) is 0 Å². The Morgan fingerprint density at radius 2 is 2.00 bits per heavy atom. The molecule has 1 aromatic heterocycles. The predicted molar refractivity (Wildman–Crippen MR) is 67.9 cm³/mol. The maximum atomic E-state index is 11.1. The first-order valence-electron chi connectivity index (χ1n) is 5.46. The smallest absolute Gasteiger partial charge is 0.208 e. The molecule has 0 bridgehead atoms. The van der Waals surface area contributed by atoms with Crippen molar-refractivity contribution in [3.63, 3.8) is 0 Å². The molecular formula is C9H16N4O2S2. The molecule has 1 saturated heterocycles. The van der Waals surface area contributed by atoms with E-state index in [0.29, 0.717) is 0 Å². The highest BCUT2D eigenvalue weighted by atomic mass is 32.2. The van der Waals surface area contributed by atoms with E-state index in [1.54, 1.807) is 11.3 Å². The number of hydrogen-bond acceptors (Lipinski definition) is 6. The number of nitrogens with one attached hydrogen (secondary N) is 1. The molecule has 0 radical (unpaired) electrons. The minimum absolute atomic E-state index is 0.0512. The molecule has 2 rings (SSSR count). The van der Waals surface area contributed by atoms with Gasteiger partial charge in [-0.3, -0.25) is 0 Å². The van der Waals surface area contributed by atoms with Crippen molar-refractivity contribution in [2.75, 3.05) is 24.2 Å². The second kappa shape index (κ2) is 4.87. The molecule has 8 heteroatoms. The summed E-state index contributed by atoms with van der Waals surface area (Å²) in [5.74, 6) is 0. The lowest BCUT2D eigenvalue weighted by Crippen LogP contribution is -2.44. The highest BCUT2D eigenvalue weighted by molar-refractivity contribution is 7.88. The van der Waals surface area contributed by atoms with Crippen LogP contribution in [-0.4, -0.2) is 44.0 Å². The number of nitrogens with zero attached hydrogens (tertiary/aromatic N) is 3. The number of anilines is 1. The van der Waals surface area contributed by atoms with Crippen LogP contribution < -0.4 is 9.62 Å². The number of aromatic nitrogens is 2. The maximum absolute atomic E-state index is 11.1. The van der Waals surface area contributed by atoms with Gasteiger partial charge in [-0.05, 0) is 19.8 Å². The lowest BCUT2D eigenvalue weighted by atomic mass is 10.1. The molecular weight excluding hydrogens is 260 g/mol. The molecule has 6 nitrogen and oxygen atoms in total. The van der Waals surface area contributed by atoms with Crippen LogP contribution >= 0.6 is 11.3 Å². The zero-order valence-corrected chi connectivity index (χ0v) is 11.5. The van der Waals surface area contributed by atoms with Crippen LogP contribution in [0, 0.1) is 6.92 Å². The van der Waals surface area contributed by atoms with Gasteiger partial charge < -0.3 is 4.90 Å². The van der Waals surface area contributed by atoms with Gasteiger partial charge in [0.15, 0.2) is 0 Å². The molecule has 1 aromatic rings. The third-order valence-corrected chi connectivity index (χ3v) is 4.32. The number of sulfonamides is 1. The van der Waals surface area contributed by atoms with E-state index in [0.717, 1.165) is 36.1 Å². The number of rotatable bonds is 3. The van der Waals surface area contributed by atoms with Crippen LogP contribution in [0.5, 0.6) is 0 Å². The summed E-state index contributed by atoms with van der Waals surface area (Å²) in [5, 5.41) is 9.97. The molecule has 1 aliphatic heterocycles. The van der Waals surface area contributed by atoms with Crippen molar-refractivity contribution in [2.24, 2.45) is 0 Å². The summed E-state index contributed by atoms with van der Waals surface area (Å²) in [6, 6.07) is 0.0512. The molecule has 0 spiro atoms. The number of aryl methyl sites for hydroxylation is 1. The SMILES string of the molecule is Cc1nnc(N2CCC(NS(C)(=O)=O)CC2)s1. The lowest BCUT2D eigenvalue weighted by molar-refractivity contribution is 0.461. The number of piperidine rings is 1. The van der Waals surface area contributed by atoms with Crippen LogP contribution in [-0.2, 0) is 10.0 Å². The van der Waals surface area contributed by atoms with Crippen LogP contribution in [0.4, 0.5) is 5.13 Å². The molecule has 0 aromatic carbocycles. The highest BCUT2D eigenvalue weighted by Crippen LogP contribution is 2.23. The van der Waals surface area contributed by atoms with E-state index in [9.17, 15) is 8.42 Å². The van der Waals surface area contributed by atoms with Crippen molar-refractivity contribution in [2.45, 2.75) is 25.8 Å². The first-order valence-corrected chi connectivity index (χ1v) is 8.17. The van der Waals surface area contributed by atoms with Gasteiger partial charge in [-0.15, -0.1) is 10.2 Å². The summed E-state index contributed by atoms with van der Waals surface area (Å²) in [6.45, 7) is 3.57. The van der Waals surface area contributed by atoms with Gasteiger partial charge in [0, 0.05) is 19.1 Å². The van der Waals surface area contributed by atoms with Crippen LogP contribution in [0.1, 0.15) is 17.8 Å². The summed E-state index contributed by atoms with van der Waals surface area (Å²) in [4.78, 5) is 2.16. The van der Waals surface area contributed by atoms with E-state index in [1.165, 1.54) is 6.26 Å². The van der Waals surface area contributed by atoms with Crippen LogP contribution in [0.15, 0.2) is 0 Å². The van der Waals surface area contributed by atoms with E-state index in [2.05, 4.69) is 19.8 Å². The van der Waals surface area contributed by atoms with Gasteiger partial charge in [-0.1, -0.05) is 11.3 Å². The maximum Gasteiger partial charge on any atom is 0.208 e. The van der Waals surface area contributed by atoms with Gasteiger partial charge in [0.05, 0.1) is 6.26 Å². The molecule has 1 fully saturated rings. The fourth-order valence-corrected chi connectivity index (χ4v) is 3.49. The minimum Gasteiger partial charge on any atom is -0.347 e. The van der Waals surface area contributed by atoms with Gasteiger partial charge in [0.2, 0.25) is 15.2 Å². The Balaban J connectivity index is 1.90. The van der Waals surface area contributed by atoms with Crippen LogP contribution in [0.25, 0.3) is 0 Å². The molecule has 1 aliphatic rings. The Morgan fingerprint density at radius 1 is 1.35 bits per heavy atom. The first kappa shape index (κ1) is 12.7. The second-order valence-electron chi connectivity index (χ2n) is 4.25. The van der Waals surface area contributed by atoms with Crippen molar-refractivity contribution in [1.82, 2.24) is 14.9 Å². The zero-order chi connectivity index (χ0) is 12.5. The largest absolute Gasteiger partial charge is 0.347 e. The molecule has 0 saturated carbocycles. The summed E-state index contributed by atoms with van der Waals surface area (Å²) in [5.41, 5.74) is 0. The van der Waals surface area contributed by atoms with Crippen molar-refractivity contribution < 1.29 is 8.42 Å². The van der Waals surface area contributed by atoms with Crippen molar-refractivity contribution in [3.05, 3.63) is 5.01 Å². The average molecular weight is 276 g/mol. The normalized spacial score (nSPS) is 18.6. The van der Waals surface area contributed by atoms with Crippen LogP contribution in [0.3, 0.4) is 0 Å². The third kappa shape index (κ3) is 3.62. The fraction of sp³-hybridized carbons (Fsp3) is 0.778. The first-order chi connectivity index (χ1) is 7.94. The van der Waals surface area contributed by atoms with E-state index in [-0.39, 0.29) is 6.04 Å². The van der Waals surface area contributed by atoms with E-state index in [4.69, 9.17) is 0 Å². The molecule has 2 heterocycles. The van der Waals surface area contributed by atoms with E-state index < -0.39 is 10.0 Å². The summed E-state index contributed by atoms with van der Waals surface area (Å²) < 4.78 is 24.9. The molecule has 17 heavy (non-hydrogen) atoms. The summed E-state index contributed by atoms with van der Waals surface area (Å²) in [6.07, 6.45) is 2.82. The minimum atomic E-state index is -3.10. The van der Waals surface area contributed by atoms with Crippen molar-refractivity contribution >= 4 is 26.5 Å². The Kier molecular flexibility index (Phi) is 3.64. The molecule has 1 N–H and O–H groups in total. The molecule has 0 aliphatic carbocycles. The molecule has 0 atom stereocenters. The van der Waals surface area contributed by atoms with E-state index in [1.807, 2.05) is 6.92 Å². The van der Waals surface area contributed by atoms with Crippen LogP contribution in [0.2, 0.25) is 0 Å².